The SMILES string of the molecule is CCCCCCCCCCCCCCCCCCCCCCC(=O)OCC(COCCC(C(=O)[O-])[N+](C)(C)C)OC(=O)CCCCCCCCCCCCCCCC. The Morgan fingerprint density at radius 3 is 1.07 bits per heavy atom. The van der Waals surface area contributed by atoms with Crippen LogP contribution in [0.2, 0.25) is 0 Å². The lowest BCUT2D eigenvalue weighted by molar-refractivity contribution is -0.889. The van der Waals surface area contributed by atoms with Crippen LogP contribution in [-0.2, 0) is 28.6 Å². The van der Waals surface area contributed by atoms with Crippen LogP contribution in [0.5, 0.6) is 0 Å². The largest absolute Gasteiger partial charge is 0.544 e. The first-order chi connectivity index (χ1) is 28.1. The monoisotopic (exact) mass is 824 g/mol. The minimum absolute atomic E-state index is 0.0496. The topological polar surface area (TPSA) is 102 Å². The summed E-state index contributed by atoms with van der Waals surface area (Å²) >= 11 is 0. The molecule has 0 aliphatic heterocycles. The lowest BCUT2D eigenvalue weighted by atomic mass is 10.0. The van der Waals surface area contributed by atoms with Crippen LogP contribution >= 0.6 is 0 Å². The number of carboxylic acid groups (broad SMARTS) is 1. The Morgan fingerprint density at radius 1 is 0.448 bits per heavy atom. The van der Waals surface area contributed by atoms with Gasteiger partial charge in [0.1, 0.15) is 12.6 Å². The number of unbranched alkanes of at least 4 members (excludes halogenated alkanes) is 32. The van der Waals surface area contributed by atoms with Crippen LogP contribution in [0.3, 0.4) is 0 Å². The molecule has 0 aliphatic carbocycles. The maximum atomic E-state index is 12.7. The van der Waals surface area contributed by atoms with Gasteiger partial charge in [-0.25, -0.2) is 0 Å². The molecule has 8 nitrogen and oxygen atoms in total. The first-order valence-corrected chi connectivity index (χ1v) is 25.1. The highest BCUT2D eigenvalue weighted by atomic mass is 16.6. The summed E-state index contributed by atoms with van der Waals surface area (Å²) in [4.78, 5) is 37.0. The molecule has 344 valence electrons. The van der Waals surface area contributed by atoms with Gasteiger partial charge in [0.2, 0.25) is 0 Å². The Balaban J connectivity index is 4.18. The Bertz CT molecular complexity index is 920. The normalized spacial score (nSPS) is 12.8. The van der Waals surface area contributed by atoms with E-state index in [9.17, 15) is 19.5 Å². The second kappa shape index (κ2) is 42.0. The minimum atomic E-state index is -1.12. The molecule has 0 N–H and O–H groups in total. The van der Waals surface area contributed by atoms with Gasteiger partial charge in [-0.1, -0.05) is 219 Å². The highest BCUT2D eigenvalue weighted by molar-refractivity contribution is 5.70. The first kappa shape index (κ1) is 56.3. The molecule has 0 aromatic heterocycles. The van der Waals surface area contributed by atoms with Crippen molar-refractivity contribution in [3.63, 3.8) is 0 Å². The Hall–Kier alpha value is -1.67. The molecule has 2 unspecified atom stereocenters. The number of carbonyl (C=O) groups is 3. The molecule has 0 spiro atoms. The molecule has 0 aromatic rings. The number of carboxylic acids is 1. The van der Waals surface area contributed by atoms with Gasteiger partial charge in [-0.05, 0) is 12.8 Å². The van der Waals surface area contributed by atoms with Gasteiger partial charge >= 0.3 is 11.9 Å². The Labute approximate surface area is 359 Å². The van der Waals surface area contributed by atoms with Crippen LogP contribution in [0.4, 0.5) is 0 Å². The van der Waals surface area contributed by atoms with Gasteiger partial charge in [0.15, 0.2) is 6.10 Å². The van der Waals surface area contributed by atoms with Gasteiger partial charge in [-0.2, -0.15) is 0 Å². The average molecular weight is 824 g/mol. The van der Waals surface area contributed by atoms with Gasteiger partial charge in [-0.15, -0.1) is 0 Å². The number of hydrogen-bond donors (Lipinski definition) is 0. The second-order valence-corrected chi connectivity index (χ2v) is 18.4. The van der Waals surface area contributed by atoms with E-state index in [1.165, 1.54) is 180 Å². The van der Waals surface area contributed by atoms with E-state index in [0.29, 0.717) is 12.8 Å². The standard InChI is InChI=1S/C50H97NO7/c1-6-8-10-12-14-16-18-20-22-23-24-25-26-27-29-30-32-34-36-38-40-48(52)57-45-46(44-56-43-42-47(50(54)55)51(3,4)5)58-49(53)41-39-37-35-33-31-28-21-19-17-15-13-11-9-7-2/h46-47H,6-45H2,1-5H3. The fourth-order valence-electron chi connectivity index (χ4n) is 7.84. The van der Waals surface area contributed by atoms with Crippen molar-refractivity contribution in [2.75, 3.05) is 41.0 Å². The van der Waals surface area contributed by atoms with Crippen LogP contribution in [0.25, 0.3) is 0 Å². The number of hydrogen-bond acceptors (Lipinski definition) is 7. The van der Waals surface area contributed by atoms with Crippen molar-refractivity contribution in [1.29, 1.82) is 0 Å². The molecule has 0 fully saturated rings. The van der Waals surface area contributed by atoms with E-state index in [1.807, 2.05) is 21.1 Å². The Kier molecular flexibility index (Phi) is 40.8. The molecule has 0 heterocycles. The van der Waals surface area contributed by atoms with Gasteiger partial charge < -0.3 is 28.6 Å². The zero-order chi connectivity index (χ0) is 42.8. The van der Waals surface area contributed by atoms with Crippen molar-refractivity contribution >= 4 is 17.9 Å². The third kappa shape index (κ3) is 39.8. The fourth-order valence-corrected chi connectivity index (χ4v) is 7.84. The first-order valence-electron chi connectivity index (χ1n) is 25.1. The smallest absolute Gasteiger partial charge is 0.306 e. The molecule has 58 heavy (non-hydrogen) atoms. The van der Waals surface area contributed by atoms with Crippen LogP contribution in [0, 0.1) is 0 Å². The summed E-state index contributed by atoms with van der Waals surface area (Å²) in [5, 5.41) is 11.6. The summed E-state index contributed by atoms with van der Waals surface area (Å²) in [7, 11) is 5.43. The summed E-state index contributed by atoms with van der Waals surface area (Å²) in [6, 6.07) is -0.719. The maximum absolute atomic E-state index is 12.7. The lowest BCUT2D eigenvalue weighted by Gasteiger charge is -2.34. The van der Waals surface area contributed by atoms with Crippen LogP contribution in [0.15, 0.2) is 0 Å². The van der Waals surface area contributed by atoms with Gasteiger partial charge in [0.05, 0.1) is 40.3 Å². The number of esters is 2. The summed E-state index contributed by atoms with van der Waals surface area (Å²) < 4.78 is 17.2. The molecule has 0 bridgehead atoms. The van der Waals surface area contributed by atoms with Crippen molar-refractivity contribution in [3.05, 3.63) is 0 Å². The van der Waals surface area contributed by atoms with Crippen LogP contribution < -0.4 is 5.11 Å². The molecule has 0 rings (SSSR count). The quantitative estimate of drug-likeness (QED) is 0.0342. The number of aliphatic carboxylic acids is 1. The molecule has 0 saturated carbocycles. The number of ether oxygens (including phenoxy) is 3. The third-order valence-electron chi connectivity index (χ3n) is 11.7. The van der Waals surface area contributed by atoms with Crippen LogP contribution in [-0.4, -0.2) is 75.5 Å². The third-order valence-corrected chi connectivity index (χ3v) is 11.7. The molecule has 0 aromatic carbocycles. The highest BCUT2D eigenvalue weighted by Crippen LogP contribution is 2.17. The predicted octanol–water partition coefficient (Wildman–Crippen LogP) is 12.8. The lowest BCUT2D eigenvalue weighted by Crippen LogP contribution is -2.55. The van der Waals surface area contributed by atoms with E-state index >= 15 is 0 Å². The van der Waals surface area contributed by atoms with E-state index < -0.39 is 18.1 Å². The average Bonchev–Trinajstić information content (AvgIpc) is 3.18. The number of rotatable bonds is 46. The highest BCUT2D eigenvalue weighted by Gasteiger charge is 2.25. The van der Waals surface area contributed by atoms with E-state index in [2.05, 4.69) is 13.8 Å². The van der Waals surface area contributed by atoms with E-state index in [0.717, 1.165) is 38.5 Å². The number of nitrogens with zero attached hydrogens (tertiary/aromatic N) is 1. The van der Waals surface area contributed by atoms with Gasteiger partial charge in [0, 0.05) is 19.3 Å². The van der Waals surface area contributed by atoms with Gasteiger partial charge in [0.25, 0.3) is 0 Å². The molecule has 0 aliphatic rings. The van der Waals surface area contributed by atoms with Crippen LogP contribution in [0.1, 0.15) is 251 Å². The van der Waals surface area contributed by atoms with Crippen molar-refractivity contribution in [2.45, 2.75) is 264 Å². The van der Waals surface area contributed by atoms with Gasteiger partial charge in [-0.3, -0.25) is 9.59 Å². The fraction of sp³-hybridized carbons (Fsp3) is 0.940. The molecule has 2 atom stereocenters. The summed E-state index contributed by atoms with van der Waals surface area (Å²) in [6.45, 7) is 4.72. The zero-order valence-corrected chi connectivity index (χ0v) is 39.2. The predicted molar refractivity (Wildman–Crippen MR) is 241 cm³/mol. The molecule has 0 amide bonds. The number of quaternary nitrogens is 1. The molecule has 8 heteroatoms. The number of carbonyl (C=O) groups excluding carboxylic acids is 3. The number of likely N-dealkylation sites (N-methyl/N-ethyl adjacent to an activating group) is 1. The Morgan fingerprint density at radius 2 is 0.759 bits per heavy atom. The van der Waals surface area contributed by atoms with E-state index in [4.69, 9.17) is 14.2 Å². The summed E-state index contributed by atoms with van der Waals surface area (Å²) in [5.41, 5.74) is 0. The summed E-state index contributed by atoms with van der Waals surface area (Å²) in [6.07, 6.45) is 44.1. The maximum Gasteiger partial charge on any atom is 0.306 e. The van der Waals surface area contributed by atoms with Crippen molar-refractivity contribution in [3.8, 4) is 0 Å². The molecular formula is C50H97NO7. The van der Waals surface area contributed by atoms with E-state index in [1.54, 1.807) is 0 Å². The molecule has 0 saturated heterocycles. The van der Waals surface area contributed by atoms with Crippen molar-refractivity contribution < 1.29 is 38.2 Å². The molecular weight excluding hydrogens is 727 g/mol. The minimum Gasteiger partial charge on any atom is -0.544 e. The second-order valence-electron chi connectivity index (χ2n) is 18.4. The zero-order valence-electron chi connectivity index (χ0n) is 39.2. The summed E-state index contributed by atoms with van der Waals surface area (Å²) in [5.74, 6) is -1.71. The van der Waals surface area contributed by atoms with Crippen molar-refractivity contribution in [2.24, 2.45) is 0 Å². The molecule has 0 radical (unpaired) electrons. The van der Waals surface area contributed by atoms with E-state index in [-0.39, 0.29) is 42.7 Å². The van der Waals surface area contributed by atoms with Crippen molar-refractivity contribution in [1.82, 2.24) is 0 Å².